The van der Waals surface area contributed by atoms with Gasteiger partial charge in [-0.25, -0.2) is 4.79 Å². The number of hydrogen-bond donors (Lipinski definition) is 2. The van der Waals surface area contributed by atoms with E-state index in [1.165, 1.54) is 6.07 Å². The fraction of sp³-hybridized carbons (Fsp3) is 0.417. The monoisotopic (exact) mass is 240 g/mol. The van der Waals surface area contributed by atoms with Crippen LogP contribution in [0.4, 0.5) is 4.79 Å². The fourth-order valence-corrected chi connectivity index (χ4v) is 1.76. The van der Waals surface area contributed by atoms with E-state index in [0.717, 1.165) is 0 Å². The second-order valence-corrected chi connectivity index (χ2v) is 4.30. The number of para-hydroxylation sites is 1. The summed E-state index contributed by atoms with van der Waals surface area (Å²) in [6, 6.07) is 4.71. The average molecular weight is 240 g/mol. The Kier molecular flexibility index (Phi) is 1.93. The van der Waals surface area contributed by atoms with Crippen molar-refractivity contribution < 1.29 is 23.5 Å². The summed E-state index contributed by atoms with van der Waals surface area (Å²) < 4.78 is 31.3. The smallest absolute Gasteiger partial charge is 0.412 e. The number of aliphatic hydroxyl groups is 1. The molecule has 0 aliphatic carbocycles. The summed E-state index contributed by atoms with van der Waals surface area (Å²) in [4.78, 5) is 11.5. The molecule has 0 saturated heterocycles. The molecule has 1 heterocycles. The van der Waals surface area contributed by atoms with Gasteiger partial charge in [0, 0.05) is 16.7 Å². The first kappa shape index (κ1) is 8.36. The van der Waals surface area contributed by atoms with Crippen molar-refractivity contribution >= 4 is 6.09 Å². The van der Waals surface area contributed by atoms with Crippen molar-refractivity contribution in [2.75, 3.05) is 6.98 Å². The highest BCUT2D eigenvalue weighted by atomic mass is 16.6. The molecular formula is C12H15NO4. The first-order valence-corrected chi connectivity index (χ1v) is 5.10. The SMILES string of the molecule is [2H]C([2H])([2H])NC(=O)Oc1cccc2c1OC(C)(C)C2O. The number of benzene rings is 1. The van der Waals surface area contributed by atoms with Gasteiger partial charge in [-0.05, 0) is 19.9 Å². The minimum absolute atomic E-state index is 0.0638. The van der Waals surface area contributed by atoms with Gasteiger partial charge in [-0.3, -0.25) is 0 Å². The van der Waals surface area contributed by atoms with Crippen molar-refractivity contribution in [3.05, 3.63) is 23.8 Å². The van der Waals surface area contributed by atoms with Crippen LogP contribution < -0.4 is 14.8 Å². The zero-order valence-electron chi connectivity index (χ0n) is 12.5. The second-order valence-electron chi connectivity index (χ2n) is 4.30. The van der Waals surface area contributed by atoms with Crippen LogP contribution in [-0.4, -0.2) is 23.8 Å². The molecule has 0 aromatic heterocycles. The summed E-state index contributed by atoms with van der Waals surface area (Å²) in [5, 5.41) is 11.8. The minimum Gasteiger partial charge on any atom is -0.480 e. The van der Waals surface area contributed by atoms with Gasteiger partial charge in [-0.15, -0.1) is 0 Å². The first-order chi connectivity index (χ1) is 9.10. The lowest BCUT2D eigenvalue weighted by Gasteiger charge is -2.21. The maximum absolute atomic E-state index is 11.5. The summed E-state index contributed by atoms with van der Waals surface area (Å²) in [7, 11) is 0. The molecule has 17 heavy (non-hydrogen) atoms. The van der Waals surface area contributed by atoms with Gasteiger partial charge in [0.05, 0.1) is 0 Å². The van der Waals surface area contributed by atoms with Gasteiger partial charge in [0.1, 0.15) is 11.7 Å². The number of hydrogen-bond acceptors (Lipinski definition) is 4. The standard InChI is InChI=1S/C12H15NO4/c1-12(2)10(14)7-5-4-6-8(9(7)17-12)16-11(15)13-3/h4-6,10,14H,1-3H3,(H,13,15)/i3D3. The molecule has 1 aromatic carbocycles. The summed E-state index contributed by atoms with van der Waals surface area (Å²) in [5.41, 5.74) is -0.350. The Hall–Kier alpha value is -1.75. The summed E-state index contributed by atoms with van der Waals surface area (Å²) in [6.07, 6.45) is -1.96. The van der Waals surface area contributed by atoms with Crippen molar-refractivity contribution in [3.63, 3.8) is 0 Å². The van der Waals surface area contributed by atoms with Crippen molar-refractivity contribution in [2.45, 2.75) is 25.6 Å². The zero-order chi connectivity index (χ0) is 15.1. The van der Waals surface area contributed by atoms with Gasteiger partial charge in [0.25, 0.3) is 0 Å². The molecular weight excluding hydrogens is 222 g/mol. The van der Waals surface area contributed by atoms with Crippen LogP contribution in [0.3, 0.4) is 0 Å². The summed E-state index contributed by atoms with van der Waals surface area (Å²) in [5.74, 6) is 0.305. The Morgan fingerprint density at radius 2 is 2.41 bits per heavy atom. The molecule has 2 N–H and O–H groups in total. The number of carbonyl (C=O) groups is 1. The summed E-state index contributed by atoms with van der Waals surface area (Å²) >= 11 is 0. The highest BCUT2D eigenvalue weighted by molar-refractivity contribution is 5.71. The maximum atomic E-state index is 11.5. The quantitative estimate of drug-likeness (QED) is 0.782. The molecule has 1 aromatic rings. The molecule has 1 unspecified atom stereocenters. The third-order valence-corrected chi connectivity index (χ3v) is 2.63. The van der Waals surface area contributed by atoms with Crippen LogP contribution in [0, 0.1) is 0 Å². The predicted molar refractivity (Wildman–Crippen MR) is 61.2 cm³/mol. The Bertz CT molecular complexity index is 542. The molecule has 1 aliphatic rings. The van der Waals surface area contributed by atoms with E-state index in [4.69, 9.17) is 13.6 Å². The molecule has 5 heteroatoms. The Balaban J connectivity index is 2.23. The van der Waals surface area contributed by atoms with E-state index in [2.05, 4.69) is 0 Å². The second kappa shape index (κ2) is 3.92. The Labute approximate surface area is 104 Å². The molecule has 0 fully saturated rings. The van der Waals surface area contributed by atoms with Gasteiger partial charge in [0.15, 0.2) is 11.5 Å². The van der Waals surface area contributed by atoms with Crippen LogP contribution in [0.2, 0.25) is 0 Å². The molecule has 0 radical (unpaired) electrons. The molecule has 1 amide bonds. The predicted octanol–water partition coefficient (Wildman–Crippen LogP) is 1.61. The zero-order valence-corrected chi connectivity index (χ0v) is 9.48. The maximum Gasteiger partial charge on any atom is 0.412 e. The minimum atomic E-state index is -2.63. The number of ether oxygens (including phenoxy) is 2. The van der Waals surface area contributed by atoms with Gasteiger partial charge in [-0.1, -0.05) is 12.1 Å². The van der Waals surface area contributed by atoms with Crippen molar-refractivity contribution in [1.82, 2.24) is 5.32 Å². The van der Waals surface area contributed by atoms with Crippen LogP contribution in [0.5, 0.6) is 11.5 Å². The molecule has 0 spiro atoms. The van der Waals surface area contributed by atoms with E-state index in [1.807, 2.05) is 0 Å². The third kappa shape index (κ3) is 1.93. The Morgan fingerprint density at radius 1 is 1.65 bits per heavy atom. The molecule has 1 aliphatic heterocycles. The van der Waals surface area contributed by atoms with Crippen LogP contribution in [0.1, 0.15) is 29.6 Å². The number of aliphatic hydroxyl groups excluding tert-OH is 1. The van der Waals surface area contributed by atoms with Gasteiger partial charge in [-0.2, -0.15) is 0 Å². The number of fused-ring (bicyclic) bond motifs is 1. The first-order valence-electron chi connectivity index (χ1n) is 6.60. The van der Waals surface area contributed by atoms with Crippen molar-refractivity contribution in [2.24, 2.45) is 0 Å². The number of carbonyl (C=O) groups excluding carboxylic acids is 1. The van der Waals surface area contributed by atoms with Gasteiger partial charge >= 0.3 is 6.09 Å². The van der Waals surface area contributed by atoms with Gasteiger partial charge < -0.3 is 19.9 Å². The lowest BCUT2D eigenvalue weighted by Crippen LogP contribution is -2.30. The summed E-state index contributed by atoms with van der Waals surface area (Å²) in [6.45, 7) is 0.766. The van der Waals surface area contributed by atoms with Crippen molar-refractivity contribution in [1.29, 1.82) is 0 Å². The Morgan fingerprint density at radius 3 is 3.12 bits per heavy atom. The van der Waals surface area contributed by atoms with E-state index in [1.54, 1.807) is 31.3 Å². The van der Waals surface area contributed by atoms with Crippen molar-refractivity contribution in [3.8, 4) is 11.5 Å². The number of rotatable bonds is 1. The fourth-order valence-electron chi connectivity index (χ4n) is 1.76. The molecule has 5 nitrogen and oxygen atoms in total. The lowest BCUT2D eigenvalue weighted by atomic mass is 9.98. The third-order valence-electron chi connectivity index (χ3n) is 2.63. The van der Waals surface area contributed by atoms with Crippen LogP contribution in [0.25, 0.3) is 0 Å². The van der Waals surface area contributed by atoms with E-state index in [9.17, 15) is 9.90 Å². The number of amides is 1. The van der Waals surface area contributed by atoms with Crippen LogP contribution >= 0.6 is 0 Å². The number of nitrogens with one attached hydrogen (secondary N) is 1. The molecule has 1 atom stereocenters. The van der Waals surface area contributed by atoms with E-state index in [-0.39, 0.29) is 11.5 Å². The molecule has 0 saturated carbocycles. The topological polar surface area (TPSA) is 67.8 Å². The van der Waals surface area contributed by atoms with E-state index < -0.39 is 24.8 Å². The lowest BCUT2D eigenvalue weighted by molar-refractivity contribution is -0.000177. The van der Waals surface area contributed by atoms with E-state index >= 15 is 0 Å². The molecule has 92 valence electrons. The van der Waals surface area contributed by atoms with Crippen LogP contribution in [-0.2, 0) is 0 Å². The molecule has 2 rings (SSSR count). The highest BCUT2D eigenvalue weighted by Gasteiger charge is 2.41. The normalized spacial score (nSPS) is 23.7. The highest BCUT2D eigenvalue weighted by Crippen LogP contribution is 2.47. The van der Waals surface area contributed by atoms with Crippen LogP contribution in [0.15, 0.2) is 18.2 Å². The largest absolute Gasteiger partial charge is 0.480 e. The average Bonchev–Trinajstić information content (AvgIpc) is 2.49. The molecule has 0 bridgehead atoms. The van der Waals surface area contributed by atoms with Gasteiger partial charge in [0.2, 0.25) is 0 Å². The van der Waals surface area contributed by atoms with E-state index in [0.29, 0.717) is 5.56 Å².